The number of aliphatic hydroxyl groups excluding tert-OH is 1. The van der Waals surface area contributed by atoms with E-state index in [1.165, 1.54) is 19.3 Å². The van der Waals surface area contributed by atoms with Gasteiger partial charge in [-0.3, -0.25) is 0 Å². The van der Waals surface area contributed by atoms with Crippen molar-refractivity contribution in [2.75, 3.05) is 13.1 Å². The van der Waals surface area contributed by atoms with Crippen LogP contribution in [-0.4, -0.2) is 30.3 Å². The van der Waals surface area contributed by atoms with E-state index < -0.39 is 0 Å². The van der Waals surface area contributed by atoms with Crippen LogP contribution in [0.25, 0.3) is 0 Å². The topological polar surface area (TPSA) is 58.3 Å². The molecule has 1 aliphatic rings. The molecule has 0 aromatic heterocycles. The summed E-state index contributed by atoms with van der Waals surface area (Å²) in [6.45, 7) is 1.63. The molecule has 0 radical (unpaired) electrons. The zero-order valence-corrected chi connectivity index (χ0v) is 7.63. The second-order valence-electron chi connectivity index (χ2n) is 3.55. The minimum atomic E-state index is -0.243. The van der Waals surface area contributed by atoms with E-state index in [4.69, 9.17) is 5.73 Å². The molecule has 0 saturated carbocycles. The molecule has 0 spiro atoms. The van der Waals surface area contributed by atoms with Crippen LogP contribution in [0.1, 0.15) is 32.1 Å². The van der Waals surface area contributed by atoms with Crippen LogP contribution in [0.2, 0.25) is 0 Å². The molecule has 1 saturated heterocycles. The molecular formula is C9H20N2O. The first kappa shape index (κ1) is 9.96. The Labute approximate surface area is 74.3 Å². The van der Waals surface area contributed by atoms with Gasteiger partial charge in [0.05, 0.1) is 6.10 Å². The molecule has 0 aliphatic carbocycles. The molecule has 1 aliphatic heterocycles. The molecule has 0 aromatic carbocycles. The van der Waals surface area contributed by atoms with Crippen molar-refractivity contribution in [2.24, 2.45) is 5.73 Å². The molecule has 12 heavy (non-hydrogen) atoms. The quantitative estimate of drug-likeness (QED) is 0.571. The van der Waals surface area contributed by atoms with Gasteiger partial charge in [0, 0.05) is 6.04 Å². The Morgan fingerprint density at radius 2 is 2.25 bits per heavy atom. The van der Waals surface area contributed by atoms with Gasteiger partial charge in [0.1, 0.15) is 0 Å². The average Bonchev–Trinajstić information content (AvgIpc) is 2.32. The van der Waals surface area contributed by atoms with Crippen molar-refractivity contribution in [2.45, 2.75) is 44.2 Å². The SMILES string of the molecule is NCCC(O)C1CCCCCN1. The van der Waals surface area contributed by atoms with Crippen LogP contribution < -0.4 is 11.1 Å². The summed E-state index contributed by atoms with van der Waals surface area (Å²) in [7, 11) is 0. The fourth-order valence-electron chi connectivity index (χ4n) is 1.76. The third kappa shape index (κ3) is 3.09. The number of hydrogen-bond donors (Lipinski definition) is 3. The van der Waals surface area contributed by atoms with Crippen LogP contribution in [0.4, 0.5) is 0 Å². The van der Waals surface area contributed by atoms with Crippen molar-refractivity contribution < 1.29 is 5.11 Å². The van der Waals surface area contributed by atoms with E-state index in [-0.39, 0.29) is 12.1 Å². The molecule has 3 nitrogen and oxygen atoms in total. The van der Waals surface area contributed by atoms with Crippen LogP contribution >= 0.6 is 0 Å². The van der Waals surface area contributed by atoms with Crippen LogP contribution in [0.3, 0.4) is 0 Å². The van der Waals surface area contributed by atoms with Gasteiger partial charge in [-0.05, 0) is 32.4 Å². The molecule has 72 valence electrons. The Hall–Kier alpha value is -0.120. The molecule has 0 amide bonds. The number of hydrogen-bond acceptors (Lipinski definition) is 3. The molecule has 0 aromatic rings. The van der Waals surface area contributed by atoms with E-state index in [0.29, 0.717) is 6.54 Å². The molecule has 1 heterocycles. The maximum Gasteiger partial charge on any atom is 0.0705 e. The maximum atomic E-state index is 9.66. The van der Waals surface area contributed by atoms with Crippen molar-refractivity contribution in [1.82, 2.24) is 5.32 Å². The number of nitrogens with one attached hydrogen (secondary N) is 1. The predicted octanol–water partition coefficient (Wildman–Crippen LogP) is 0.228. The fraction of sp³-hybridized carbons (Fsp3) is 1.00. The second-order valence-corrected chi connectivity index (χ2v) is 3.55. The summed E-state index contributed by atoms with van der Waals surface area (Å²) in [4.78, 5) is 0. The molecule has 1 fully saturated rings. The van der Waals surface area contributed by atoms with Gasteiger partial charge >= 0.3 is 0 Å². The van der Waals surface area contributed by atoms with Gasteiger partial charge in [-0.1, -0.05) is 12.8 Å². The van der Waals surface area contributed by atoms with Crippen molar-refractivity contribution >= 4 is 0 Å². The highest BCUT2D eigenvalue weighted by molar-refractivity contribution is 4.78. The maximum absolute atomic E-state index is 9.66. The standard InChI is InChI=1S/C9H20N2O/c10-6-5-9(12)8-4-2-1-3-7-11-8/h8-9,11-12H,1-7,10H2. The zero-order valence-electron chi connectivity index (χ0n) is 7.63. The van der Waals surface area contributed by atoms with Crippen molar-refractivity contribution in [1.29, 1.82) is 0 Å². The smallest absolute Gasteiger partial charge is 0.0705 e. The molecule has 0 bridgehead atoms. The third-order valence-corrected chi connectivity index (χ3v) is 2.53. The molecular weight excluding hydrogens is 152 g/mol. The molecule has 3 heteroatoms. The van der Waals surface area contributed by atoms with Gasteiger partial charge in [-0.2, -0.15) is 0 Å². The Kier molecular flexibility index (Phi) is 4.58. The van der Waals surface area contributed by atoms with Crippen molar-refractivity contribution in [3.8, 4) is 0 Å². The molecule has 2 unspecified atom stereocenters. The van der Waals surface area contributed by atoms with Gasteiger partial charge in [-0.25, -0.2) is 0 Å². The Balaban J connectivity index is 2.27. The fourth-order valence-corrected chi connectivity index (χ4v) is 1.76. The van der Waals surface area contributed by atoms with E-state index in [1.54, 1.807) is 0 Å². The Morgan fingerprint density at radius 1 is 1.42 bits per heavy atom. The third-order valence-electron chi connectivity index (χ3n) is 2.53. The van der Waals surface area contributed by atoms with Crippen LogP contribution in [0, 0.1) is 0 Å². The summed E-state index contributed by atoms with van der Waals surface area (Å²) in [5.74, 6) is 0. The normalized spacial score (nSPS) is 28.0. The van der Waals surface area contributed by atoms with E-state index in [9.17, 15) is 5.11 Å². The lowest BCUT2D eigenvalue weighted by Crippen LogP contribution is -2.40. The summed E-state index contributed by atoms with van der Waals surface area (Å²) in [5.41, 5.74) is 5.39. The lowest BCUT2D eigenvalue weighted by atomic mass is 10.0. The first-order valence-electron chi connectivity index (χ1n) is 4.96. The van der Waals surface area contributed by atoms with E-state index in [1.807, 2.05) is 0 Å². The minimum Gasteiger partial charge on any atom is -0.391 e. The number of aliphatic hydroxyl groups is 1. The van der Waals surface area contributed by atoms with Crippen LogP contribution in [0.5, 0.6) is 0 Å². The van der Waals surface area contributed by atoms with E-state index in [2.05, 4.69) is 5.32 Å². The number of nitrogens with two attached hydrogens (primary N) is 1. The van der Waals surface area contributed by atoms with E-state index in [0.717, 1.165) is 19.4 Å². The minimum absolute atomic E-state index is 0.243. The molecule has 1 rings (SSSR count). The summed E-state index contributed by atoms with van der Waals surface area (Å²) in [6.07, 6.45) is 5.34. The van der Waals surface area contributed by atoms with Gasteiger partial charge in [-0.15, -0.1) is 0 Å². The summed E-state index contributed by atoms with van der Waals surface area (Å²) in [5, 5.41) is 13.0. The molecule has 2 atom stereocenters. The zero-order chi connectivity index (χ0) is 8.81. The van der Waals surface area contributed by atoms with E-state index >= 15 is 0 Å². The van der Waals surface area contributed by atoms with Gasteiger partial charge in [0.2, 0.25) is 0 Å². The average molecular weight is 172 g/mol. The second kappa shape index (κ2) is 5.51. The largest absolute Gasteiger partial charge is 0.391 e. The van der Waals surface area contributed by atoms with Crippen LogP contribution in [0.15, 0.2) is 0 Å². The highest BCUT2D eigenvalue weighted by Gasteiger charge is 2.18. The summed E-state index contributed by atoms with van der Waals surface area (Å²) < 4.78 is 0. The first-order valence-corrected chi connectivity index (χ1v) is 4.96. The highest BCUT2D eigenvalue weighted by Crippen LogP contribution is 2.12. The lowest BCUT2D eigenvalue weighted by molar-refractivity contribution is 0.118. The van der Waals surface area contributed by atoms with Crippen molar-refractivity contribution in [3.05, 3.63) is 0 Å². The monoisotopic (exact) mass is 172 g/mol. The first-order chi connectivity index (χ1) is 5.84. The lowest BCUT2D eigenvalue weighted by Gasteiger charge is -2.21. The Bertz CT molecular complexity index is 111. The van der Waals surface area contributed by atoms with Crippen molar-refractivity contribution in [3.63, 3.8) is 0 Å². The predicted molar refractivity (Wildman–Crippen MR) is 49.9 cm³/mol. The van der Waals surface area contributed by atoms with Crippen LogP contribution in [-0.2, 0) is 0 Å². The summed E-state index contributed by atoms with van der Waals surface area (Å²) >= 11 is 0. The van der Waals surface area contributed by atoms with Gasteiger partial charge in [0.25, 0.3) is 0 Å². The highest BCUT2D eigenvalue weighted by atomic mass is 16.3. The molecule has 4 N–H and O–H groups in total. The summed E-state index contributed by atoms with van der Waals surface area (Å²) in [6, 6.07) is 0.288. The number of rotatable bonds is 3. The van der Waals surface area contributed by atoms with Gasteiger partial charge in [0.15, 0.2) is 0 Å². The Morgan fingerprint density at radius 3 is 3.00 bits per heavy atom. The van der Waals surface area contributed by atoms with Gasteiger partial charge < -0.3 is 16.2 Å².